The van der Waals surface area contributed by atoms with Crippen LogP contribution in [-0.4, -0.2) is 19.1 Å². The number of ether oxygens (including phenoxy) is 1. The van der Waals surface area contributed by atoms with Crippen LogP contribution >= 0.6 is 0 Å². The average molecular weight is 261 g/mol. The van der Waals surface area contributed by atoms with Crippen molar-refractivity contribution in [2.24, 2.45) is 5.92 Å². The van der Waals surface area contributed by atoms with Gasteiger partial charge in [-0.25, -0.2) is 4.79 Å². The van der Waals surface area contributed by atoms with Crippen LogP contribution in [0.2, 0.25) is 0 Å². The lowest BCUT2D eigenvalue weighted by Gasteiger charge is -2.25. The van der Waals surface area contributed by atoms with Crippen molar-refractivity contribution in [2.45, 2.75) is 39.2 Å². The highest BCUT2D eigenvalue weighted by atomic mass is 16.5. The molecular weight excluding hydrogens is 238 g/mol. The van der Waals surface area contributed by atoms with Crippen molar-refractivity contribution in [3.05, 3.63) is 35.4 Å². The number of rotatable bonds is 5. The van der Waals surface area contributed by atoms with Crippen molar-refractivity contribution >= 4 is 5.97 Å². The van der Waals surface area contributed by atoms with Crippen molar-refractivity contribution in [3.63, 3.8) is 0 Å². The fourth-order valence-electron chi connectivity index (χ4n) is 2.60. The lowest BCUT2D eigenvalue weighted by Crippen LogP contribution is -2.36. The zero-order valence-corrected chi connectivity index (χ0v) is 11.8. The molecule has 2 rings (SSSR count). The van der Waals surface area contributed by atoms with Gasteiger partial charge in [0.15, 0.2) is 0 Å². The number of fused-ring (bicyclic) bond motifs is 1. The highest BCUT2D eigenvalue weighted by Gasteiger charge is 2.27. The Hall–Kier alpha value is -1.35. The van der Waals surface area contributed by atoms with E-state index in [-0.39, 0.29) is 12.0 Å². The van der Waals surface area contributed by atoms with Crippen molar-refractivity contribution in [2.75, 3.05) is 13.2 Å². The summed E-state index contributed by atoms with van der Waals surface area (Å²) in [4.78, 5) is 12.2. The Bertz CT molecular complexity index is 431. The molecule has 0 aliphatic carbocycles. The maximum Gasteiger partial charge on any atom is 0.327 e. The molecule has 1 aliphatic heterocycles. The largest absolute Gasteiger partial charge is 0.464 e. The molecule has 1 heterocycles. The van der Waals surface area contributed by atoms with Crippen molar-refractivity contribution in [1.82, 2.24) is 5.32 Å². The van der Waals surface area contributed by atoms with Gasteiger partial charge in [0, 0.05) is 6.54 Å². The molecule has 0 fully saturated rings. The number of carbonyl (C=O) groups is 1. The molecule has 3 nitrogen and oxygen atoms in total. The lowest BCUT2D eigenvalue weighted by atomic mass is 9.94. The standard InChI is InChI=1S/C16H23NO2/c1-3-6-12(2)11-19-16(18)15-14-8-5-4-7-13(14)9-10-17-15/h4-5,7-8,12,15,17H,3,6,9-11H2,1-2H3. The van der Waals surface area contributed by atoms with Crippen LogP contribution in [0.1, 0.15) is 43.9 Å². The highest BCUT2D eigenvalue weighted by molar-refractivity contribution is 5.78. The molecule has 2 atom stereocenters. The number of carbonyl (C=O) groups excluding carboxylic acids is 1. The maximum atomic E-state index is 12.2. The molecule has 0 bridgehead atoms. The van der Waals surface area contributed by atoms with Gasteiger partial charge in [0.1, 0.15) is 6.04 Å². The molecule has 1 aromatic rings. The minimum absolute atomic E-state index is 0.143. The highest BCUT2D eigenvalue weighted by Crippen LogP contribution is 2.23. The molecule has 0 saturated heterocycles. The van der Waals surface area contributed by atoms with Gasteiger partial charge in [0.05, 0.1) is 6.61 Å². The van der Waals surface area contributed by atoms with Gasteiger partial charge in [-0.3, -0.25) is 0 Å². The van der Waals surface area contributed by atoms with Gasteiger partial charge in [-0.2, -0.15) is 0 Å². The van der Waals surface area contributed by atoms with Crippen molar-refractivity contribution in [3.8, 4) is 0 Å². The molecule has 1 aromatic carbocycles. The topological polar surface area (TPSA) is 38.3 Å². The Kier molecular flexibility index (Phi) is 4.97. The summed E-state index contributed by atoms with van der Waals surface area (Å²) in [6.07, 6.45) is 3.21. The van der Waals surface area contributed by atoms with Crippen LogP contribution in [0.4, 0.5) is 0 Å². The molecule has 0 amide bonds. The van der Waals surface area contributed by atoms with E-state index < -0.39 is 0 Å². The van der Waals surface area contributed by atoms with E-state index in [0.717, 1.165) is 31.4 Å². The summed E-state index contributed by atoms with van der Waals surface area (Å²) in [6, 6.07) is 7.82. The quantitative estimate of drug-likeness (QED) is 0.828. The fraction of sp³-hybridized carbons (Fsp3) is 0.562. The third-order valence-electron chi connectivity index (χ3n) is 3.64. The summed E-state index contributed by atoms with van der Waals surface area (Å²) in [5, 5.41) is 3.26. The van der Waals surface area contributed by atoms with Crippen LogP contribution in [0.5, 0.6) is 0 Å². The molecule has 1 N–H and O–H groups in total. The first-order valence-electron chi connectivity index (χ1n) is 7.20. The van der Waals surface area contributed by atoms with E-state index in [1.807, 2.05) is 18.2 Å². The molecule has 104 valence electrons. The smallest absolute Gasteiger partial charge is 0.327 e. The predicted molar refractivity (Wildman–Crippen MR) is 75.9 cm³/mol. The summed E-state index contributed by atoms with van der Waals surface area (Å²) in [5.74, 6) is 0.294. The third kappa shape index (κ3) is 3.57. The van der Waals surface area contributed by atoms with E-state index in [1.54, 1.807) is 0 Å². The summed E-state index contributed by atoms with van der Waals surface area (Å²) >= 11 is 0. The third-order valence-corrected chi connectivity index (χ3v) is 3.64. The molecule has 19 heavy (non-hydrogen) atoms. The molecule has 0 aromatic heterocycles. The van der Waals surface area contributed by atoms with E-state index in [0.29, 0.717) is 12.5 Å². The minimum Gasteiger partial charge on any atom is -0.464 e. The summed E-state index contributed by atoms with van der Waals surface area (Å²) in [5.41, 5.74) is 2.33. The molecule has 1 aliphatic rings. The van der Waals surface area contributed by atoms with Crippen LogP contribution in [-0.2, 0) is 16.0 Å². The Morgan fingerprint density at radius 1 is 1.47 bits per heavy atom. The van der Waals surface area contributed by atoms with E-state index >= 15 is 0 Å². The second kappa shape index (κ2) is 6.71. The van der Waals surface area contributed by atoms with Crippen molar-refractivity contribution < 1.29 is 9.53 Å². The number of esters is 1. The van der Waals surface area contributed by atoms with Crippen LogP contribution in [0, 0.1) is 5.92 Å². The number of nitrogens with one attached hydrogen (secondary N) is 1. The van der Waals surface area contributed by atoms with Gasteiger partial charge < -0.3 is 10.1 Å². The van der Waals surface area contributed by atoms with E-state index in [2.05, 4.69) is 25.2 Å². The zero-order valence-electron chi connectivity index (χ0n) is 11.8. The van der Waals surface area contributed by atoms with Crippen LogP contribution < -0.4 is 5.32 Å². The minimum atomic E-state index is -0.293. The second-order valence-corrected chi connectivity index (χ2v) is 5.36. The normalized spacial score (nSPS) is 19.6. The van der Waals surface area contributed by atoms with Gasteiger partial charge in [0.25, 0.3) is 0 Å². The molecule has 0 spiro atoms. The Morgan fingerprint density at radius 3 is 3.05 bits per heavy atom. The predicted octanol–water partition coefficient (Wildman–Crippen LogP) is 2.85. The van der Waals surface area contributed by atoms with Crippen LogP contribution in [0.3, 0.4) is 0 Å². The van der Waals surface area contributed by atoms with Gasteiger partial charge in [0.2, 0.25) is 0 Å². The van der Waals surface area contributed by atoms with E-state index in [4.69, 9.17) is 4.74 Å². The van der Waals surface area contributed by atoms with Gasteiger partial charge in [-0.1, -0.05) is 44.5 Å². The molecule has 0 saturated carbocycles. The number of hydrogen-bond donors (Lipinski definition) is 1. The lowest BCUT2D eigenvalue weighted by molar-refractivity contribution is -0.147. The van der Waals surface area contributed by atoms with Gasteiger partial charge in [-0.05, 0) is 29.9 Å². The second-order valence-electron chi connectivity index (χ2n) is 5.36. The summed E-state index contributed by atoms with van der Waals surface area (Å²) in [7, 11) is 0. The fourth-order valence-corrected chi connectivity index (χ4v) is 2.60. The van der Waals surface area contributed by atoms with E-state index in [9.17, 15) is 4.79 Å². The van der Waals surface area contributed by atoms with Crippen LogP contribution in [0.15, 0.2) is 24.3 Å². The Balaban J connectivity index is 1.97. The van der Waals surface area contributed by atoms with Gasteiger partial charge >= 0.3 is 5.97 Å². The Labute approximate surface area is 115 Å². The van der Waals surface area contributed by atoms with Gasteiger partial charge in [-0.15, -0.1) is 0 Å². The number of hydrogen-bond acceptors (Lipinski definition) is 3. The molecule has 3 heteroatoms. The van der Waals surface area contributed by atoms with Crippen molar-refractivity contribution in [1.29, 1.82) is 0 Å². The molecule has 2 unspecified atom stereocenters. The molecule has 0 radical (unpaired) electrons. The monoisotopic (exact) mass is 261 g/mol. The SMILES string of the molecule is CCCC(C)COC(=O)C1NCCc2ccccc21. The maximum absolute atomic E-state index is 12.2. The molecular formula is C16H23NO2. The first kappa shape index (κ1) is 14.1. The Morgan fingerprint density at radius 2 is 2.26 bits per heavy atom. The number of benzene rings is 1. The first-order chi connectivity index (χ1) is 9.22. The van der Waals surface area contributed by atoms with E-state index in [1.165, 1.54) is 5.56 Å². The summed E-state index contributed by atoms with van der Waals surface area (Å²) in [6.45, 7) is 5.63. The summed E-state index contributed by atoms with van der Waals surface area (Å²) < 4.78 is 5.45. The zero-order chi connectivity index (χ0) is 13.7. The first-order valence-corrected chi connectivity index (χ1v) is 7.20. The average Bonchev–Trinajstić information content (AvgIpc) is 2.44. The van der Waals surface area contributed by atoms with Crippen LogP contribution in [0.25, 0.3) is 0 Å².